The molecule has 0 saturated carbocycles. The topological polar surface area (TPSA) is 104 Å². The first-order valence-corrected chi connectivity index (χ1v) is 9.71. The Morgan fingerprint density at radius 3 is 2.65 bits per heavy atom. The standard InChI is InChI=1S/C24H18N4O3/c29-14-15-4-8-18(9-5-15)28-13-22(26-27-28)19-2-1-3-20(24(30)31)23(19)17-7-6-16-10-11-25-21(16)12-17/h1-13,25,29H,14H2,(H,30,31). The van der Waals surface area contributed by atoms with E-state index >= 15 is 0 Å². The minimum absolute atomic E-state index is 0.0284. The lowest BCUT2D eigenvalue weighted by Crippen LogP contribution is -2.01. The van der Waals surface area contributed by atoms with Crippen molar-refractivity contribution >= 4 is 16.9 Å². The third-order valence-electron chi connectivity index (χ3n) is 5.29. The van der Waals surface area contributed by atoms with Crippen molar-refractivity contribution in [2.24, 2.45) is 0 Å². The second-order valence-corrected chi connectivity index (χ2v) is 7.19. The van der Waals surface area contributed by atoms with E-state index in [0.29, 0.717) is 16.8 Å². The van der Waals surface area contributed by atoms with Gasteiger partial charge in [0.15, 0.2) is 0 Å². The molecule has 2 aromatic heterocycles. The smallest absolute Gasteiger partial charge is 0.336 e. The van der Waals surface area contributed by atoms with Crippen LogP contribution in [0, 0.1) is 0 Å². The molecule has 0 atom stereocenters. The highest BCUT2D eigenvalue weighted by Gasteiger charge is 2.19. The van der Waals surface area contributed by atoms with Crippen LogP contribution in [0.4, 0.5) is 0 Å². The van der Waals surface area contributed by atoms with Crippen LogP contribution in [-0.2, 0) is 6.61 Å². The molecule has 5 rings (SSSR count). The molecule has 0 aliphatic rings. The van der Waals surface area contributed by atoms with Gasteiger partial charge in [-0.2, -0.15) is 0 Å². The molecule has 3 N–H and O–H groups in total. The first-order chi connectivity index (χ1) is 15.1. The summed E-state index contributed by atoms with van der Waals surface area (Å²) in [6.45, 7) is -0.0284. The highest BCUT2D eigenvalue weighted by Crippen LogP contribution is 2.35. The number of H-pyrrole nitrogens is 1. The van der Waals surface area contributed by atoms with Crippen molar-refractivity contribution in [2.45, 2.75) is 6.61 Å². The first kappa shape index (κ1) is 18.8. The summed E-state index contributed by atoms with van der Waals surface area (Å²) < 4.78 is 1.63. The molecule has 0 radical (unpaired) electrons. The molecule has 2 heterocycles. The van der Waals surface area contributed by atoms with Gasteiger partial charge in [0.25, 0.3) is 0 Å². The molecule has 0 spiro atoms. The van der Waals surface area contributed by atoms with Crippen molar-refractivity contribution in [3.63, 3.8) is 0 Å². The Morgan fingerprint density at radius 1 is 1.03 bits per heavy atom. The zero-order valence-electron chi connectivity index (χ0n) is 16.4. The Morgan fingerprint density at radius 2 is 1.87 bits per heavy atom. The van der Waals surface area contributed by atoms with E-state index in [1.165, 1.54) is 0 Å². The predicted octanol–water partition coefficient (Wildman–Crippen LogP) is 4.27. The van der Waals surface area contributed by atoms with Crippen LogP contribution in [0.5, 0.6) is 0 Å². The van der Waals surface area contributed by atoms with Gasteiger partial charge < -0.3 is 15.2 Å². The normalized spacial score (nSPS) is 11.1. The molecule has 0 bridgehead atoms. The maximum Gasteiger partial charge on any atom is 0.336 e. The Hall–Kier alpha value is -4.23. The van der Waals surface area contributed by atoms with Crippen LogP contribution in [0.25, 0.3) is 39.0 Å². The molecule has 31 heavy (non-hydrogen) atoms. The van der Waals surface area contributed by atoms with E-state index in [0.717, 1.165) is 27.7 Å². The number of aromatic amines is 1. The number of aromatic carboxylic acids is 1. The van der Waals surface area contributed by atoms with Crippen molar-refractivity contribution in [1.82, 2.24) is 20.0 Å². The van der Waals surface area contributed by atoms with Gasteiger partial charge in [0, 0.05) is 22.8 Å². The minimum atomic E-state index is -1.00. The molecule has 0 unspecified atom stereocenters. The molecule has 0 amide bonds. The predicted molar refractivity (Wildman–Crippen MR) is 117 cm³/mol. The summed E-state index contributed by atoms with van der Waals surface area (Å²) in [6, 6.07) is 20.3. The fraction of sp³-hybridized carbons (Fsp3) is 0.0417. The van der Waals surface area contributed by atoms with Crippen molar-refractivity contribution in [3.05, 3.63) is 90.3 Å². The van der Waals surface area contributed by atoms with E-state index in [-0.39, 0.29) is 12.2 Å². The molecule has 152 valence electrons. The maximum atomic E-state index is 12.0. The van der Waals surface area contributed by atoms with Gasteiger partial charge in [-0.1, -0.05) is 41.6 Å². The zero-order chi connectivity index (χ0) is 21.4. The van der Waals surface area contributed by atoms with Crippen molar-refractivity contribution in [3.8, 4) is 28.1 Å². The second-order valence-electron chi connectivity index (χ2n) is 7.19. The number of rotatable bonds is 5. The Kier molecular flexibility index (Phi) is 4.57. The molecular formula is C24H18N4O3. The maximum absolute atomic E-state index is 12.0. The number of hydrogen-bond acceptors (Lipinski definition) is 4. The average molecular weight is 410 g/mol. The Labute approximate surface area is 177 Å². The molecule has 0 saturated heterocycles. The van der Waals surface area contributed by atoms with Gasteiger partial charge >= 0.3 is 5.97 Å². The fourth-order valence-electron chi connectivity index (χ4n) is 3.73. The third-order valence-corrected chi connectivity index (χ3v) is 5.29. The lowest BCUT2D eigenvalue weighted by molar-refractivity contribution is 0.0697. The largest absolute Gasteiger partial charge is 0.478 e. The number of hydrogen-bond donors (Lipinski definition) is 3. The summed E-state index contributed by atoms with van der Waals surface area (Å²) in [5.41, 5.74) is 5.35. The number of nitrogens with zero attached hydrogens (tertiary/aromatic N) is 3. The van der Waals surface area contributed by atoms with Gasteiger partial charge in [-0.3, -0.25) is 0 Å². The van der Waals surface area contributed by atoms with E-state index in [1.807, 2.05) is 60.8 Å². The number of fused-ring (bicyclic) bond motifs is 1. The van der Waals surface area contributed by atoms with Gasteiger partial charge in [-0.15, -0.1) is 5.10 Å². The summed E-state index contributed by atoms with van der Waals surface area (Å²) in [6.07, 6.45) is 3.62. The number of carboxylic acids is 1. The Balaban J connectivity index is 1.65. The molecule has 0 aliphatic carbocycles. The number of aliphatic hydroxyl groups excluding tert-OH is 1. The van der Waals surface area contributed by atoms with Crippen LogP contribution in [-0.4, -0.2) is 36.2 Å². The van der Waals surface area contributed by atoms with Crippen molar-refractivity contribution in [2.75, 3.05) is 0 Å². The summed E-state index contributed by atoms with van der Waals surface area (Å²) in [5, 5.41) is 28.6. The van der Waals surface area contributed by atoms with E-state index in [2.05, 4.69) is 15.3 Å². The van der Waals surface area contributed by atoms with Gasteiger partial charge in [0.1, 0.15) is 5.69 Å². The van der Waals surface area contributed by atoms with Crippen LogP contribution in [0.3, 0.4) is 0 Å². The van der Waals surface area contributed by atoms with Crippen LogP contribution in [0.1, 0.15) is 15.9 Å². The molecule has 7 heteroatoms. The highest BCUT2D eigenvalue weighted by atomic mass is 16.4. The first-order valence-electron chi connectivity index (χ1n) is 9.71. The molecule has 7 nitrogen and oxygen atoms in total. The van der Waals surface area contributed by atoms with Gasteiger partial charge in [-0.05, 0) is 46.8 Å². The number of benzene rings is 3. The molecular weight excluding hydrogens is 392 g/mol. The quantitative estimate of drug-likeness (QED) is 0.401. The number of aliphatic hydroxyl groups is 1. The highest BCUT2D eigenvalue weighted by molar-refractivity contribution is 6.02. The summed E-state index contributed by atoms with van der Waals surface area (Å²) in [7, 11) is 0. The molecule has 0 fully saturated rings. The summed E-state index contributed by atoms with van der Waals surface area (Å²) in [4.78, 5) is 15.2. The molecule has 5 aromatic rings. The van der Waals surface area contributed by atoms with Crippen LogP contribution in [0.2, 0.25) is 0 Å². The Bertz CT molecular complexity index is 1400. The lowest BCUT2D eigenvalue weighted by Gasteiger charge is -2.11. The zero-order valence-corrected chi connectivity index (χ0v) is 16.4. The van der Waals surface area contributed by atoms with E-state index < -0.39 is 5.97 Å². The van der Waals surface area contributed by atoms with Crippen molar-refractivity contribution < 1.29 is 15.0 Å². The third kappa shape index (κ3) is 3.37. The minimum Gasteiger partial charge on any atom is -0.478 e. The lowest BCUT2D eigenvalue weighted by atomic mass is 9.92. The van der Waals surface area contributed by atoms with Gasteiger partial charge in [0.05, 0.1) is 24.1 Å². The van der Waals surface area contributed by atoms with E-state index in [4.69, 9.17) is 0 Å². The summed E-state index contributed by atoms with van der Waals surface area (Å²) >= 11 is 0. The van der Waals surface area contributed by atoms with Crippen LogP contribution >= 0.6 is 0 Å². The number of carbonyl (C=O) groups is 1. The number of nitrogens with one attached hydrogen (secondary N) is 1. The summed E-state index contributed by atoms with van der Waals surface area (Å²) in [5.74, 6) is -1.00. The monoisotopic (exact) mass is 410 g/mol. The van der Waals surface area contributed by atoms with Gasteiger partial charge in [0.2, 0.25) is 0 Å². The second kappa shape index (κ2) is 7.55. The van der Waals surface area contributed by atoms with E-state index in [1.54, 1.807) is 23.0 Å². The molecule has 0 aliphatic heterocycles. The SMILES string of the molecule is O=C(O)c1cccc(-c2cn(-c3ccc(CO)cc3)nn2)c1-c1ccc2cc[nH]c2c1. The number of carboxylic acid groups (broad SMARTS) is 1. The van der Waals surface area contributed by atoms with Crippen molar-refractivity contribution in [1.29, 1.82) is 0 Å². The fourth-order valence-corrected chi connectivity index (χ4v) is 3.73. The van der Waals surface area contributed by atoms with Gasteiger partial charge in [-0.25, -0.2) is 9.48 Å². The van der Waals surface area contributed by atoms with E-state index in [9.17, 15) is 15.0 Å². The van der Waals surface area contributed by atoms with Crippen LogP contribution in [0.15, 0.2) is 79.1 Å². The number of aromatic nitrogens is 4. The van der Waals surface area contributed by atoms with Crippen LogP contribution < -0.4 is 0 Å². The molecule has 3 aromatic carbocycles. The average Bonchev–Trinajstić information content (AvgIpc) is 3.48.